The zero-order valence-electron chi connectivity index (χ0n) is 16.0. The number of unbranched alkanes of at least 4 members (excludes halogenated alkanes) is 1. The molecule has 1 amide bonds. The van der Waals surface area contributed by atoms with E-state index in [4.69, 9.17) is 4.74 Å². The summed E-state index contributed by atoms with van der Waals surface area (Å²) in [5, 5.41) is 6.77. The molecule has 3 aromatic rings. The molecular weight excluding hydrogens is 370 g/mol. The number of anilines is 1. The van der Waals surface area contributed by atoms with Crippen molar-refractivity contribution in [3.05, 3.63) is 88.3 Å². The fourth-order valence-corrected chi connectivity index (χ4v) is 2.56. The first-order chi connectivity index (χ1) is 14.1. The molecule has 0 saturated heterocycles. The van der Waals surface area contributed by atoms with E-state index in [9.17, 15) is 14.4 Å². The van der Waals surface area contributed by atoms with Crippen molar-refractivity contribution in [1.29, 1.82) is 0 Å². The second-order valence-corrected chi connectivity index (χ2v) is 6.33. The first-order valence-electron chi connectivity index (χ1n) is 9.32. The van der Waals surface area contributed by atoms with Crippen LogP contribution >= 0.6 is 0 Å². The molecule has 0 fully saturated rings. The highest BCUT2D eigenvalue weighted by molar-refractivity contribution is 6.03. The minimum atomic E-state index is -0.626. The second-order valence-electron chi connectivity index (χ2n) is 6.33. The number of ether oxygens (including phenoxy) is 1. The van der Waals surface area contributed by atoms with E-state index in [0.29, 0.717) is 17.9 Å². The van der Waals surface area contributed by atoms with Crippen LogP contribution in [0, 0.1) is 0 Å². The number of carbonyl (C=O) groups is 2. The molecule has 1 heterocycles. The third kappa shape index (κ3) is 5.16. The van der Waals surface area contributed by atoms with Gasteiger partial charge in [-0.2, -0.15) is 5.10 Å². The average molecular weight is 391 g/mol. The molecule has 0 saturated carbocycles. The Hall–Kier alpha value is -3.74. The highest BCUT2D eigenvalue weighted by Crippen LogP contribution is 2.12. The number of rotatable bonds is 7. The molecule has 3 rings (SSSR count). The molecule has 0 unspecified atom stereocenters. The molecule has 0 aliphatic heterocycles. The summed E-state index contributed by atoms with van der Waals surface area (Å²) < 4.78 is 6.61. The lowest BCUT2D eigenvalue weighted by Crippen LogP contribution is -2.25. The van der Waals surface area contributed by atoms with Gasteiger partial charge in [0.15, 0.2) is 5.69 Å². The number of para-hydroxylation sites is 1. The monoisotopic (exact) mass is 391 g/mol. The SMILES string of the molecule is CCCCOC(=O)c1ccc(NC(=O)c2nn(-c3ccccc3)ccc2=O)cc1. The number of nitrogens with one attached hydrogen (secondary N) is 1. The van der Waals surface area contributed by atoms with Crippen molar-refractivity contribution in [3.63, 3.8) is 0 Å². The molecule has 0 aliphatic rings. The van der Waals surface area contributed by atoms with Crippen molar-refractivity contribution in [2.75, 3.05) is 11.9 Å². The number of hydrogen-bond acceptors (Lipinski definition) is 5. The van der Waals surface area contributed by atoms with Gasteiger partial charge in [0, 0.05) is 18.0 Å². The number of amides is 1. The van der Waals surface area contributed by atoms with Gasteiger partial charge in [0.25, 0.3) is 5.91 Å². The predicted octanol–water partition coefficient (Wildman–Crippen LogP) is 3.44. The van der Waals surface area contributed by atoms with E-state index in [-0.39, 0.29) is 5.69 Å². The smallest absolute Gasteiger partial charge is 0.338 e. The first kappa shape index (κ1) is 20.0. The maximum atomic E-state index is 12.5. The summed E-state index contributed by atoms with van der Waals surface area (Å²) in [6, 6.07) is 16.7. The molecular formula is C22H21N3O4. The topological polar surface area (TPSA) is 90.3 Å². The molecule has 7 heteroatoms. The van der Waals surface area contributed by atoms with E-state index in [0.717, 1.165) is 18.5 Å². The summed E-state index contributed by atoms with van der Waals surface area (Å²) in [4.78, 5) is 36.6. The van der Waals surface area contributed by atoms with E-state index in [1.807, 2.05) is 37.3 Å². The van der Waals surface area contributed by atoms with Crippen LogP contribution in [0.3, 0.4) is 0 Å². The molecule has 7 nitrogen and oxygen atoms in total. The molecule has 0 bridgehead atoms. The third-order valence-corrected chi connectivity index (χ3v) is 4.15. The predicted molar refractivity (Wildman–Crippen MR) is 109 cm³/mol. The minimum Gasteiger partial charge on any atom is -0.462 e. The molecule has 1 aromatic heterocycles. The molecule has 1 N–H and O–H groups in total. The van der Waals surface area contributed by atoms with Crippen molar-refractivity contribution in [1.82, 2.24) is 9.78 Å². The summed E-state index contributed by atoms with van der Waals surface area (Å²) in [6.07, 6.45) is 3.26. The molecule has 29 heavy (non-hydrogen) atoms. The van der Waals surface area contributed by atoms with Crippen molar-refractivity contribution >= 4 is 17.6 Å². The van der Waals surface area contributed by atoms with Gasteiger partial charge in [-0.3, -0.25) is 9.59 Å². The highest BCUT2D eigenvalue weighted by Gasteiger charge is 2.14. The van der Waals surface area contributed by atoms with E-state index in [1.54, 1.807) is 24.3 Å². The van der Waals surface area contributed by atoms with Crippen LogP contribution in [-0.4, -0.2) is 28.3 Å². The highest BCUT2D eigenvalue weighted by atomic mass is 16.5. The minimum absolute atomic E-state index is 0.223. The Morgan fingerprint density at radius 1 is 1.03 bits per heavy atom. The number of carbonyl (C=O) groups excluding carboxylic acids is 2. The van der Waals surface area contributed by atoms with E-state index in [1.165, 1.54) is 16.9 Å². The van der Waals surface area contributed by atoms with Gasteiger partial charge in [0.1, 0.15) is 0 Å². The summed E-state index contributed by atoms with van der Waals surface area (Å²) in [6.45, 7) is 2.39. The summed E-state index contributed by atoms with van der Waals surface area (Å²) in [5.41, 5.74) is 0.859. The van der Waals surface area contributed by atoms with Crippen LogP contribution in [0.2, 0.25) is 0 Å². The second kappa shape index (κ2) is 9.45. The third-order valence-electron chi connectivity index (χ3n) is 4.15. The Balaban J connectivity index is 1.72. The van der Waals surface area contributed by atoms with Gasteiger partial charge in [-0.1, -0.05) is 31.5 Å². The summed E-state index contributed by atoms with van der Waals surface area (Å²) in [5.74, 6) is -1.04. The Morgan fingerprint density at radius 2 is 1.76 bits per heavy atom. The largest absolute Gasteiger partial charge is 0.462 e. The quantitative estimate of drug-likeness (QED) is 0.492. The molecule has 0 spiro atoms. The van der Waals surface area contributed by atoms with Crippen LogP contribution in [0.15, 0.2) is 71.7 Å². The Morgan fingerprint density at radius 3 is 2.45 bits per heavy atom. The van der Waals surface area contributed by atoms with Gasteiger partial charge in [0.2, 0.25) is 5.43 Å². The lowest BCUT2D eigenvalue weighted by atomic mass is 10.2. The number of hydrogen-bond donors (Lipinski definition) is 1. The van der Waals surface area contributed by atoms with E-state index < -0.39 is 17.3 Å². The van der Waals surface area contributed by atoms with Crippen LogP contribution in [-0.2, 0) is 4.74 Å². The lowest BCUT2D eigenvalue weighted by molar-refractivity contribution is 0.0499. The van der Waals surface area contributed by atoms with E-state index >= 15 is 0 Å². The van der Waals surface area contributed by atoms with Gasteiger partial charge < -0.3 is 10.1 Å². The molecule has 148 valence electrons. The van der Waals surface area contributed by atoms with Gasteiger partial charge in [-0.15, -0.1) is 0 Å². The molecule has 0 atom stereocenters. The van der Waals surface area contributed by atoms with Crippen LogP contribution in [0.5, 0.6) is 0 Å². The maximum absolute atomic E-state index is 12.5. The normalized spacial score (nSPS) is 10.4. The summed E-state index contributed by atoms with van der Waals surface area (Å²) in [7, 11) is 0. The molecule has 0 radical (unpaired) electrons. The van der Waals surface area contributed by atoms with Crippen molar-refractivity contribution in [2.45, 2.75) is 19.8 Å². The number of nitrogens with zero attached hydrogens (tertiary/aromatic N) is 2. The Bertz CT molecular complexity index is 1040. The molecule has 2 aromatic carbocycles. The van der Waals surface area contributed by atoms with Gasteiger partial charge >= 0.3 is 5.97 Å². The first-order valence-corrected chi connectivity index (χ1v) is 9.32. The van der Waals surface area contributed by atoms with Crippen LogP contribution in [0.1, 0.15) is 40.6 Å². The van der Waals surface area contributed by atoms with Crippen molar-refractivity contribution < 1.29 is 14.3 Å². The van der Waals surface area contributed by atoms with Crippen molar-refractivity contribution in [3.8, 4) is 5.69 Å². The standard InChI is InChI=1S/C22H21N3O4/c1-2-3-15-29-22(28)16-9-11-17(12-10-16)23-21(27)20-19(26)13-14-25(24-20)18-7-5-4-6-8-18/h4-14H,2-3,15H2,1H3,(H,23,27). The van der Waals surface area contributed by atoms with Gasteiger partial charge in [-0.25, -0.2) is 9.48 Å². The zero-order valence-corrected chi connectivity index (χ0v) is 16.0. The number of benzene rings is 2. The lowest BCUT2D eigenvalue weighted by Gasteiger charge is -2.09. The fourth-order valence-electron chi connectivity index (χ4n) is 2.56. The van der Waals surface area contributed by atoms with Crippen LogP contribution in [0.4, 0.5) is 5.69 Å². The maximum Gasteiger partial charge on any atom is 0.338 e. The van der Waals surface area contributed by atoms with Crippen molar-refractivity contribution in [2.24, 2.45) is 0 Å². The summed E-state index contributed by atoms with van der Waals surface area (Å²) >= 11 is 0. The van der Waals surface area contributed by atoms with Gasteiger partial charge in [-0.05, 0) is 42.8 Å². The number of aromatic nitrogens is 2. The molecule has 0 aliphatic carbocycles. The fraction of sp³-hybridized carbons (Fsp3) is 0.182. The number of esters is 1. The average Bonchev–Trinajstić information content (AvgIpc) is 2.75. The van der Waals surface area contributed by atoms with Crippen LogP contribution < -0.4 is 10.7 Å². The zero-order chi connectivity index (χ0) is 20.6. The Kier molecular flexibility index (Phi) is 6.52. The Labute approximate surface area is 168 Å². The van der Waals surface area contributed by atoms with Crippen LogP contribution in [0.25, 0.3) is 5.69 Å². The van der Waals surface area contributed by atoms with E-state index in [2.05, 4.69) is 10.4 Å². The van der Waals surface area contributed by atoms with Gasteiger partial charge in [0.05, 0.1) is 17.9 Å².